The average molecular weight is 270 g/mol. The summed E-state index contributed by atoms with van der Waals surface area (Å²) in [5.41, 5.74) is 1.80. The first-order valence-electron chi connectivity index (χ1n) is 6.01. The molecule has 18 heavy (non-hydrogen) atoms. The lowest BCUT2D eigenvalue weighted by atomic mass is 10.4. The molecule has 0 aromatic carbocycles. The molecule has 0 aliphatic carbocycles. The van der Waals surface area contributed by atoms with Gasteiger partial charge in [-0.1, -0.05) is 0 Å². The summed E-state index contributed by atoms with van der Waals surface area (Å²) >= 11 is 0. The van der Waals surface area contributed by atoms with E-state index in [1.165, 1.54) is 4.31 Å². The highest BCUT2D eigenvalue weighted by Gasteiger charge is 2.27. The summed E-state index contributed by atoms with van der Waals surface area (Å²) in [6.45, 7) is 5.44. The summed E-state index contributed by atoms with van der Waals surface area (Å²) in [6.07, 6.45) is 0.725. The molecule has 2 rings (SSSR count). The molecule has 6 nitrogen and oxygen atoms in total. The van der Waals surface area contributed by atoms with Gasteiger partial charge in [-0.25, -0.2) is 22.7 Å². The molecule has 1 aliphatic heterocycles. The topological polar surface area (TPSA) is 75.2 Å². The van der Waals surface area contributed by atoms with E-state index in [-0.39, 0.29) is 5.75 Å². The highest BCUT2D eigenvalue weighted by atomic mass is 32.2. The van der Waals surface area contributed by atoms with Crippen molar-refractivity contribution in [2.24, 2.45) is 0 Å². The first-order chi connectivity index (χ1) is 8.47. The Hall–Kier alpha value is -1.21. The maximum absolute atomic E-state index is 11.6. The van der Waals surface area contributed by atoms with Crippen molar-refractivity contribution >= 4 is 16.0 Å². The minimum absolute atomic E-state index is 0.271. The fraction of sp³-hybridized carbons (Fsp3) is 0.636. The predicted molar refractivity (Wildman–Crippen MR) is 70.0 cm³/mol. The first-order valence-corrected chi connectivity index (χ1v) is 7.62. The average Bonchev–Trinajstić information content (AvgIpc) is 2.57. The molecular weight excluding hydrogens is 252 g/mol. The molecule has 0 bridgehead atoms. The molecule has 1 fully saturated rings. The maximum Gasteiger partial charge on any atom is 0.223 e. The molecule has 0 amide bonds. The number of sulfonamides is 1. The fourth-order valence-electron chi connectivity index (χ4n) is 2.04. The summed E-state index contributed by atoms with van der Waals surface area (Å²) in [7, 11) is -3.01. The second kappa shape index (κ2) is 5.19. The highest BCUT2D eigenvalue weighted by molar-refractivity contribution is 7.89. The summed E-state index contributed by atoms with van der Waals surface area (Å²) in [5.74, 6) is 0.830. The second-order valence-electron chi connectivity index (χ2n) is 4.47. The standard InChI is InChI=1S/C11H18N4O2S/c1-9-8-10(2)14-11(13-9)12-4-6-15-5-3-7-18(15,16)17/h8H,3-7H2,1-2H3,(H,12,13,14). The monoisotopic (exact) mass is 270 g/mol. The van der Waals surface area contributed by atoms with Crippen LogP contribution in [-0.4, -0.2) is 48.1 Å². The number of aryl methyl sites for hydroxylation is 2. The lowest BCUT2D eigenvalue weighted by Crippen LogP contribution is -2.31. The van der Waals surface area contributed by atoms with E-state index in [0.29, 0.717) is 25.6 Å². The Kier molecular flexibility index (Phi) is 3.82. The molecule has 1 aromatic rings. The van der Waals surface area contributed by atoms with Gasteiger partial charge < -0.3 is 5.32 Å². The van der Waals surface area contributed by atoms with E-state index in [9.17, 15) is 8.42 Å². The number of hydrogen-bond acceptors (Lipinski definition) is 5. The lowest BCUT2D eigenvalue weighted by molar-refractivity contribution is 0.456. The molecule has 0 atom stereocenters. The Labute approximate surface area is 107 Å². The van der Waals surface area contributed by atoms with Crippen molar-refractivity contribution in [3.05, 3.63) is 17.5 Å². The van der Waals surface area contributed by atoms with Crippen molar-refractivity contribution in [1.29, 1.82) is 0 Å². The zero-order chi connectivity index (χ0) is 13.2. The Morgan fingerprint density at radius 2 is 2.00 bits per heavy atom. The largest absolute Gasteiger partial charge is 0.353 e. The molecule has 1 N–H and O–H groups in total. The maximum atomic E-state index is 11.6. The Morgan fingerprint density at radius 3 is 2.56 bits per heavy atom. The van der Waals surface area contributed by atoms with Crippen LogP contribution in [0.1, 0.15) is 17.8 Å². The van der Waals surface area contributed by atoms with Gasteiger partial charge in [0, 0.05) is 31.0 Å². The molecule has 1 saturated heterocycles. The van der Waals surface area contributed by atoms with E-state index in [1.807, 2.05) is 19.9 Å². The van der Waals surface area contributed by atoms with Crippen molar-refractivity contribution < 1.29 is 8.42 Å². The molecule has 0 spiro atoms. The van der Waals surface area contributed by atoms with Crippen LogP contribution in [0, 0.1) is 13.8 Å². The van der Waals surface area contributed by atoms with Crippen LogP contribution in [0.15, 0.2) is 6.07 Å². The predicted octanol–water partition coefficient (Wildman–Crippen LogP) is 0.541. The first kappa shape index (κ1) is 13.2. The highest BCUT2D eigenvalue weighted by Crippen LogP contribution is 2.12. The zero-order valence-corrected chi connectivity index (χ0v) is 11.5. The SMILES string of the molecule is Cc1cc(C)nc(NCCN2CCCS2(=O)=O)n1. The van der Waals surface area contributed by atoms with Gasteiger partial charge in [0.2, 0.25) is 16.0 Å². The van der Waals surface area contributed by atoms with Crippen molar-refractivity contribution in [3.8, 4) is 0 Å². The summed E-state index contributed by atoms with van der Waals surface area (Å²) in [5, 5.41) is 3.06. The number of nitrogens with one attached hydrogen (secondary N) is 1. The molecule has 1 aliphatic rings. The Bertz CT molecular complexity index is 510. The van der Waals surface area contributed by atoms with Crippen LogP contribution in [0.2, 0.25) is 0 Å². The minimum Gasteiger partial charge on any atom is -0.353 e. The van der Waals surface area contributed by atoms with Gasteiger partial charge in [-0.05, 0) is 26.3 Å². The molecule has 0 radical (unpaired) electrons. The number of hydrogen-bond donors (Lipinski definition) is 1. The van der Waals surface area contributed by atoms with Crippen molar-refractivity contribution in [1.82, 2.24) is 14.3 Å². The van der Waals surface area contributed by atoms with Crippen LogP contribution >= 0.6 is 0 Å². The normalized spacial score (nSPS) is 19.0. The molecule has 0 unspecified atom stereocenters. The van der Waals surface area contributed by atoms with E-state index in [0.717, 1.165) is 17.8 Å². The fourth-order valence-corrected chi connectivity index (χ4v) is 3.57. The third-order valence-corrected chi connectivity index (χ3v) is 4.79. The zero-order valence-electron chi connectivity index (χ0n) is 10.7. The molecule has 0 saturated carbocycles. The van der Waals surface area contributed by atoms with Crippen LogP contribution in [0.25, 0.3) is 0 Å². The van der Waals surface area contributed by atoms with E-state index in [2.05, 4.69) is 15.3 Å². The number of rotatable bonds is 4. The van der Waals surface area contributed by atoms with Gasteiger partial charge in [0.05, 0.1) is 5.75 Å². The number of aromatic nitrogens is 2. The molecule has 1 aromatic heterocycles. The summed E-state index contributed by atoms with van der Waals surface area (Å²) < 4.78 is 24.7. The van der Waals surface area contributed by atoms with Crippen LogP contribution in [0.4, 0.5) is 5.95 Å². The van der Waals surface area contributed by atoms with Crippen LogP contribution in [0.3, 0.4) is 0 Å². The van der Waals surface area contributed by atoms with Gasteiger partial charge in [-0.15, -0.1) is 0 Å². The van der Waals surface area contributed by atoms with Gasteiger partial charge >= 0.3 is 0 Å². The van der Waals surface area contributed by atoms with E-state index >= 15 is 0 Å². The van der Waals surface area contributed by atoms with E-state index in [1.54, 1.807) is 0 Å². The van der Waals surface area contributed by atoms with Crippen LogP contribution in [0.5, 0.6) is 0 Å². The van der Waals surface area contributed by atoms with Crippen LogP contribution < -0.4 is 5.32 Å². The van der Waals surface area contributed by atoms with Gasteiger partial charge in [0.1, 0.15) is 0 Å². The quantitative estimate of drug-likeness (QED) is 0.864. The van der Waals surface area contributed by atoms with Crippen LogP contribution in [-0.2, 0) is 10.0 Å². The van der Waals surface area contributed by atoms with Gasteiger partial charge in [0.25, 0.3) is 0 Å². The lowest BCUT2D eigenvalue weighted by Gasteiger charge is -2.14. The minimum atomic E-state index is -3.01. The summed E-state index contributed by atoms with van der Waals surface area (Å²) in [6, 6.07) is 1.90. The molecule has 7 heteroatoms. The summed E-state index contributed by atoms with van der Waals surface area (Å²) in [4.78, 5) is 8.49. The van der Waals surface area contributed by atoms with Gasteiger partial charge in [-0.2, -0.15) is 0 Å². The molecule has 2 heterocycles. The van der Waals surface area contributed by atoms with Crippen molar-refractivity contribution in [2.75, 3.05) is 30.7 Å². The third kappa shape index (κ3) is 3.17. The molecule has 100 valence electrons. The number of anilines is 1. The molecular formula is C11H18N4O2S. The van der Waals surface area contributed by atoms with E-state index < -0.39 is 10.0 Å². The van der Waals surface area contributed by atoms with Crippen molar-refractivity contribution in [2.45, 2.75) is 20.3 Å². The van der Waals surface area contributed by atoms with Gasteiger partial charge in [0.15, 0.2) is 0 Å². The third-order valence-electron chi connectivity index (χ3n) is 2.83. The Morgan fingerprint density at radius 1 is 1.33 bits per heavy atom. The van der Waals surface area contributed by atoms with E-state index in [4.69, 9.17) is 0 Å². The number of nitrogens with zero attached hydrogens (tertiary/aromatic N) is 3. The Balaban J connectivity index is 1.89. The van der Waals surface area contributed by atoms with Crippen molar-refractivity contribution in [3.63, 3.8) is 0 Å². The van der Waals surface area contributed by atoms with Gasteiger partial charge in [-0.3, -0.25) is 0 Å². The second-order valence-corrected chi connectivity index (χ2v) is 6.56. The smallest absolute Gasteiger partial charge is 0.223 e.